The molecule has 2 unspecified atom stereocenters. The van der Waals surface area contributed by atoms with Gasteiger partial charge in [0.25, 0.3) is 0 Å². The lowest BCUT2D eigenvalue weighted by molar-refractivity contribution is -0.00347. The number of ether oxygens (including phenoxy) is 3. The van der Waals surface area contributed by atoms with Crippen molar-refractivity contribution in [2.75, 3.05) is 0 Å². The molecule has 0 saturated carbocycles. The number of unbranched alkanes of at least 4 members (excludes halogenated alkanes) is 12. The molecule has 2 N–H and O–H groups in total. The molecule has 2 aromatic rings. The van der Waals surface area contributed by atoms with Crippen LogP contribution in [-0.4, -0.2) is 22.8 Å². The van der Waals surface area contributed by atoms with Crippen LogP contribution in [0.15, 0.2) is 36.4 Å². The molecule has 0 saturated heterocycles. The predicted octanol–water partition coefficient (Wildman–Crippen LogP) is 9.50. The Balaban J connectivity index is 2.04. The van der Waals surface area contributed by atoms with Gasteiger partial charge >= 0.3 is 0 Å². The zero-order valence-electron chi connectivity index (χ0n) is 25.1. The van der Waals surface area contributed by atoms with Gasteiger partial charge < -0.3 is 24.4 Å². The maximum Gasteiger partial charge on any atom is 0.194 e. The highest BCUT2D eigenvalue weighted by Gasteiger charge is 2.15. The third-order valence-corrected chi connectivity index (χ3v) is 6.97. The number of rotatable bonds is 22. The van der Waals surface area contributed by atoms with Gasteiger partial charge in [-0.3, -0.25) is 0 Å². The molecular formula is C34H54O5. The molecule has 0 fully saturated rings. The van der Waals surface area contributed by atoms with E-state index in [-0.39, 0.29) is 0 Å². The molecule has 5 nitrogen and oxygen atoms in total. The highest BCUT2D eigenvalue weighted by atomic mass is 16.6. The van der Waals surface area contributed by atoms with E-state index in [1.54, 1.807) is 13.8 Å². The zero-order valence-corrected chi connectivity index (χ0v) is 25.1. The second kappa shape index (κ2) is 19.8. The van der Waals surface area contributed by atoms with Gasteiger partial charge in [0.15, 0.2) is 35.6 Å². The second-order valence-electron chi connectivity index (χ2n) is 10.8. The average Bonchev–Trinajstić information content (AvgIpc) is 2.89. The van der Waals surface area contributed by atoms with Gasteiger partial charge in [-0.25, -0.2) is 0 Å². The Morgan fingerprint density at radius 3 is 1.23 bits per heavy atom. The standard InChI is InChI=1S/C34H54O5/c1-5-7-9-11-13-15-17-19-29-21-23-31(33(25-29)37-27(3)35)39-32-24-22-30(26-34(32)38-28(4)36)20-18-16-14-12-10-8-6-2/h21-28,35-36H,5-20H2,1-4H3. The fourth-order valence-corrected chi connectivity index (χ4v) is 4.83. The smallest absolute Gasteiger partial charge is 0.194 e. The van der Waals surface area contributed by atoms with Crippen molar-refractivity contribution in [2.45, 2.75) is 143 Å². The molecule has 2 atom stereocenters. The Morgan fingerprint density at radius 1 is 0.513 bits per heavy atom. The molecule has 0 amide bonds. The van der Waals surface area contributed by atoms with Gasteiger partial charge in [-0.05, 0) is 74.9 Å². The van der Waals surface area contributed by atoms with Crippen LogP contribution in [0, 0.1) is 0 Å². The normalized spacial score (nSPS) is 12.8. The monoisotopic (exact) mass is 542 g/mol. The van der Waals surface area contributed by atoms with Gasteiger partial charge in [0.1, 0.15) is 0 Å². The van der Waals surface area contributed by atoms with Crippen molar-refractivity contribution in [3.05, 3.63) is 47.5 Å². The van der Waals surface area contributed by atoms with E-state index in [0.717, 1.165) is 36.8 Å². The lowest BCUT2D eigenvalue weighted by Gasteiger charge is -2.18. The molecule has 0 bridgehead atoms. The summed E-state index contributed by atoms with van der Waals surface area (Å²) in [6.07, 6.45) is 17.8. The first-order valence-electron chi connectivity index (χ1n) is 15.6. The summed E-state index contributed by atoms with van der Waals surface area (Å²) in [7, 11) is 0. The van der Waals surface area contributed by atoms with E-state index in [1.807, 2.05) is 24.3 Å². The molecule has 0 radical (unpaired) electrons. The van der Waals surface area contributed by atoms with Gasteiger partial charge in [-0.1, -0.05) is 103 Å². The third-order valence-electron chi connectivity index (χ3n) is 6.97. The summed E-state index contributed by atoms with van der Waals surface area (Å²) in [6, 6.07) is 11.8. The first-order valence-corrected chi connectivity index (χ1v) is 15.6. The minimum atomic E-state index is -0.960. The summed E-state index contributed by atoms with van der Waals surface area (Å²) in [6.45, 7) is 7.67. The third kappa shape index (κ3) is 14.1. The van der Waals surface area contributed by atoms with E-state index in [4.69, 9.17) is 14.2 Å². The number of hydrogen-bond acceptors (Lipinski definition) is 5. The van der Waals surface area contributed by atoms with Crippen LogP contribution >= 0.6 is 0 Å². The molecule has 39 heavy (non-hydrogen) atoms. The SMILES string of the molecule is CCCCCCCCCc1ccc(Oc2ccc(CCCCCCCCC)cc2OC(C)O)c(OC(C)O)c1. The molecule has 2 rings (SSSR count). The summed E-state index contributed by atoms with van der Waals surface area (Å²) in [5.74, 6) is 2.02. The topological polar surface area (TPSA) is 68.2 Å². The van der Waals surface area contributed by atoms with Crippen molar-refractivity contribution in [3.8, 4) is 23.0 Å². The Morgan fingerprint density at radius 2 is 0.872 bits per heavy atom. The molecule has 5 heteroatoms. The van der Waals surface area contributed by atoms with E-state index in [2.05, 4.69) is 26.0 Å². The van der Waals surface area contributed by atoms with Crippen LogP contribution in [0.4, 0.5) is 0 Å². The lowest BCUT2D eigenvalue weighted by atomic mass is 10.0. The summed E-state index contributed by atoms with van der Waals surface area (Å²) < 4.78 is 17.7. The highest BCUT2D eigenvalue weighted by molar-refractivity contribution is 5.50. The van der Waals surface area contributed by atoms with E-state index in [9.17, 15) is 10.2 Å². The molecule has 220 valence electrons. The van der Waals surface area contributed by atoms with Gasteiger partial charge in [0.2, 0.25) is 0 Å². The van der Waals surface area contributed by atoms with Crippen LogP contribution in [0.2, 0.25) is 0 Å². The summed E-state index contributed by atoms with van der Waals surface area (Å²) >= 11 is 0. The Hall–Kier alpha value is -2.24. The zero-order chi connectivity index (χ0) is 28.3. The number of aliphatic hydroxyl groups is 2. The molecule has 0 aliphatic heterocycles. The number of aryl methyl sites for hydroxylation is 2. The Labute approximate surface area is 237 Å². The van der Waals surface area contributed by atoms with Gasteiger partial charge in [0.05, 0.1) is 0 Å². The Kier molecular flexibility index (Phi) is 16.7. The molecular weight excluding hydrogens is 488 g/mol. The summed E-state index contributed by atoms with van der Waals surface area (Å²) in [4.78, 5) is 0. The van der Waals surface area contributed by atoms with Gasteiger partial charge in [-0.2, -0.15) is 0 Å². The quantitative estimate of drug-likeness (QED) is 0.115. The Bertz CT molecular complexity index is 835. The second-order valence-corrected chi connectivity index (χ2v) is 10.8. The van der Waals surface area contributed by atoms with E-state index in [1.165, 1.54) is 77.0 Å². The van der Waals surface area contributed by atoms with E-state index >= 15 is 0 Å². The molecule has 0 aliphatic carbocycles. The summed E-state index contributed by atoms with van der Waals surface area (Å²) in [5, 5.41) is 19.9. The largest absolute Gasteiger partial charge is 0.462 e. The van der Waals surface area contributed by atoms with Crippen LogP contribution in [0.25, 0.3) is 0 Å². The maximum atomic E-state index is 9.94. The predicted molar refractivity (Wildman–Crippen MR) is 161 cm³/mol. The van der Waals surface area contributed by atoms with Crippen molar-refractivity contribution < 1.29 is 24.4 Å². The van der Waals surface area contributed by atoms with Crippen LogP contribution in [0.1, 0.15) is 129 Å². The fourth-order valence-electron chi connectivity index (χ4n) is 4.83. The first-order chi connectivity index (χ1) is 18.9. The van der Waals surface area contributed by atoms with Crippen LogP contribution < -0.4 is 14.2 Å². The lowest BCUT2D eigenvalue weighted by Crippen LogP contribution is -2.12. The van der Waals surface area contributed by atoms with Crippen molar-refractivity contribution >= 4 is 0 Å². The number of aliphatic hydroxyl groups excluding tert-OH is 2. The molecule has 0 spiro atoms. The molecule has 0 aliphatic rings. The number of benzene rings is 2. The van der Waals surface area contributed by atoms with Gasteiger partial charge in [-0.15, -0.1) is 0 Å². The minimum absolute atomic E-state index is 0.501. The molecule has 0 aromatic heterocycles. The molecule has 2 aromatic carbocycles. The fraction of sp³-hybridized carbons (Fsp3) is 0.647. The van der Waals surface area contributed by atoms with Gasteiger partial charge in [0, 0.05) is 0 Å². The highest BCUT2D eigenvalue weighted by Crippen LogP contribution is 2.38. The van der Waals surface area contributed by atoms with Crippen LogP contribution in [-0.2, 0) is 12.8 Å². The van der Waals surface area contributed by atoms with E-state index < -0.39 is 12.6 Å². The molecule has 0 heterocycles. The number of hydrogen-bond donors (Lipinski definition) is 2. The van der Waals surface area contributed by atoms with Crippen LogP contribution in [0.5, 0.6) is 23.0 Å². The van der Waals surface area contributed by atoms with Crippen molar-refractivity contribution in [1.29, 1.82) is 0 Å². The average molecular weight is 543 g/mol. The minimum Gasteiger partial charge on any atom is -0.462 e. The van der Waals surface area contributed by atoms with Crippen LogP contribution in [0.3, 0.4) is 0 Å². The van der Waals surface area contributed by atoms with Crippen molar-refractivity contribution in [1.82, 2.24) is 0 Å². The first kappa shape index (κ1) is 33.0. The van der Waals surface area contributed by atoms with E-state index in [0.29, 0.717) is 23.0 Å². The van der Waals surface area contributed by atoms with Crippen molar-refractivity contribution in [2.24, 2.45) is 0 Å². The maximum absolute atomic E-state index is 9.94. The van der Waals surface area contributed by atoms with Crippen molar-refractivity contribution in [3.63, 3.8) is 0 Å². The summed E-state index contributed by atoms with van der Waals surface area (Å²) in [5.41, 5.74) is 2.33.